The van der Waals surface area contributed by atoms with Crippen LogP contribution < -0.4 is 4.72 Å². The average molecular weight is 332 g/mol. The number of carbonyl (C=O) groups is 1. The van der Waals surface area contributed by atoms with Crippen LogP contribution in [0.1, 0.15) is 38.7 Å². The van der Waals surface area contributed by atoms with Crippen LogP contribution in [0.25, 0.3) is 0 Å². The SMILES string of the molecule is CC1(C)[C@H]2CC[C@]1(CS(=O)(=O)Nc1cccc(C#N)c1)C(=O)C2. The van der Waals surface area contributed by atoms with Gasteiger partial charge in [-0.15, -0.1) is 0 Å². The first-order chi connectivity index (χ1) is 10.7. The zero-order valence-electron chi connectivity index (χ0n) is 13.3. The molecule has 0 radical (unpaired) electrons. The number of hydrogen-bond donors (Lipinski definition) is 1. The van der Waals surface area contributed by atoms with Crippen LogP contribution in [0.15, 0.2) is 24.3 Å². The summed E-state index contributed by atoms with van der Waals surface area (Å²) in [6.07, 6.45) is 2.05. The van der Waals surface area contributed by atoms with Crippen molar-refractivity contribution in [3.63, 3.8) is 0 Å². The maximum atomic E-state index is 12.6. The minimum Gasteiger partial charge on any atom is -0.299 e. The van der Waals surface area contributed by atoms with Gasteiger partial charge in [-0.05, 0) is 42.4 Å². The maximum Gasteiger partial charge on any atom is 0.233 e. The van der Waals surface area contributed by atoms with Crippen molar-refractivity contribution in [3.8, 4) is 6.07 Å². The van der Waals surface area contributed by atoms with Crippen LogP contribution >= 0.6 is 0 Å². The van der Waals surface area contributed by atoms with E-state index in [0.717, 1.165) is 6.42 Å². The highest BCUT2D eigenvalue weighted by molar-refractivity contribution is 7.92. The topological polar surface area (TPSA) is 87.0 Å². The first-order valence-electron chi connectivity index (χ1n) is 7.74. The predicted molar refractivity (Wildman–Crippen MR) is 87.1 cm³/mol. The first-order valence-corrected chi connectivity index (χ1v) is 9.39. The number of nitrogens with zero attached hydrogens (tertiary/aromatic N) is 1. The lowest BCUT2D eigenvalue weighted by molar-refractivity contribution is -0.128. The van der Waals surface area contributed by atoms with E-state index in [4.69, 9.17) is 5.26 Å². The summed E-state index contributed by atoms with van der Waals surface area (Å²) < 4.78 is 27.8. The van der Waals surface area contributed by atoms with E-state index in [2.05, 4.69) is 4.72 Å². The van der Waals surface area contributed by atoms with Crippen molar-refractivity contribution in [3.05, 3.63) is 29.8 Å². The zero-order valence-corrected chi connectivity index (χ0v) is 14.1. The number of ketones is 1. The number of hydrogen-bond acceptors (Lipinski definition) is 4. The summed E-state index contributed by atoms with van der Waals surface area (Å²) in [6.45, 7) is 4.03. The lowest BCUT2D eigenvalue weighted by Gasteiger charge is -2.36. The molecule has 0 amide bonds. The van der Waals surface area contributed by atoms with Crippen molar-refractivity contribution in [2.24, 2.45) is 16.7 Å². The summed E-state index contributed by atoms with van der Waals surface area (Å²) in [5, 5.41) is 8.91. The van der Waals surface area contributed by atoms with Crippen molar-refractivity contribution in [2.45, 2.75) is 33.1 Å². The smallest absolute Gasteiger partial charge is 0.233 e. The molecule has 2 saturated carbocycles. The lowest BCUT2D eigenvalue weighted by Crippen LogP contribution is -2.43. The van der Waals surface area contributed by atoms with E-state index in [-0.39, 0.29) is 22.9 Å². The zero-order chi connectivity index (χ0) is 16.9. The van der Waals surface area contributed by atoms with Gasteiger partial charge < -0.3 is 0 Å². The molecular formula is C17H20N2O3S. The van der Waals surface area contributed by atoms with Crippen molar-refractivity contribution in [1.29, 1.82) is 5.26 Å². The van der Waals surface area contributed by atoms with Crippen molar-refractivity contribution < 1.29 is 13.2 Å². The highest BCUT2D eigenvalue weighted by atomic mass is 32.2. The number of anilines is 1. The monoisotopic (exact) mass is 332 g/mol. The van der Waals surface area contributed by atoms with Gasteiger partial charge >= 0.3 is 0 Å². The third-order valence-corrected chi connectivity index (χ3v) is 7.26. The van der Waals surface area contributed by atoms with Gasteiger partial charge in [0.05, 0.1) is 22.8 Å². The van der Waals surface area contributed by atoms with Gasteiger partial charge in [0.25, 0.3) is 0 Å². The van der Waals surface area contributed by atoms with Crippen LogP contribution in [0.3, 0.4) is 0 Å². The summed E-state index contributed by atoms with van der Waals surface area (Å²) in [5.74, 6) is 0.182. The number of sulfonamides is 1. The number of Topliss-reactive ketones (excluding diaryl/α,β-unsaturated/α-hetero) is 1. The fourth-order valence-electron chi connectivity index (χ4n) is 4.30. The largest absolute Gasteiger partial charge is 0.299 e. The Labute approximate surface area is 136 Å². The van der Waals surface area contributed by atoms with Gasteiger partial charge in [-0.25, -0.2) is 8.42 Å². The molecule has 23 heavy (non-hydrogen) atoms. The van der Waals surface area contributed by atoms with E-state index >= 15 is 0 Å². The number of fused-ring (bicyclic) bond motifs is 2. The molecule has 2 aliphatic rings. The Morgan fingerprint density at radius 1 is 1.39 bits per heavy atom. The van der Waals surface area contributed by atoms with Crippen LogP contribution in [-0.2, 0) is 14.8 Å². The molecule has 5 nitrogen and oxygen atoms in total. The molecule has 3 rings (SSSR count). The van der Waals surface area contributed by atoms with Gasteiger partial charge in [-0.3, -0.25) is 9.52 Å². The molecule has 2 bridgehead atoms. The second kappa shape index (κ2) is 5.07. The van der Waals surface area contributed by atoms with Gasteiger partial charge in [-0.2, -0.15) is 5.26 Å². The molecule has 1 N–H and O–H groups in total. The third kappa shape index (κ3) is 2.43. The lowest BCUT2D eigenvalue weighted by atomic mass is 9.70. The molecule has 0 heterocycles. The quantitative estimate of drug-likeness (QED) is 0.918. The van der Waals surface area contributed by atoms with Crippen LogP contribution in [0.5, 0.6) is 0 Å². The maximum absolute atomic E-state index is 12.6. The predicted octanol–water partition coefficient (Wildman–Crippen LogP) is 2.70. The van der Waals surface area contributed by atoms with Crippen LogP contribution in [0, 0.1) is 28.1 Å². The molecule has 0 saturated heterocycles. The molecule has 0 aromatic heterocycles. The summed E-state index contributed by atoms with van der Waals surface area (Å²) in [4.78, 5) is 12.5. The molecule has 2 fully saturated rings. The highest BCUT2D eigenvalue weighted by Gasteiger charge is 2.65. The van der Waals surface area contributed by atoms with Gasteiger partial charge in [0, 0.05) is 12.1 Å². The molecule has 6 heteroatoms. The molecule has 2 atom stereocenters. The number of nitrogens with one attached hydrogen (secondary N) is 1. The van der Waals surface area contributed by atoms with E-state index in [1.165, 1.54) is 6.07 Å². The van der Waals surface area contributed by atoms with Crippen molar-refractivity contribution in [1.82, 2.24) is 0 Å². The minimum atomic E-state index is -3.67. The molecule has 122 valence electrons. The fraction of sp³-hybridized carbons (Fsp3) is 0.529. The molecule has 1 aromatic rings. The van der Waals surface area contributed by atoms with E-state index in [9.17, 15) is 13.2 Å². The Kier molecular flexibility index (Phi) is 3.53. The average Bonchev–Trinajstić information content (AvgIpc) is 2.80. The van der Waals surface area contributed by atoms with E-state index in [1.54, 1.807) is 18.2 Å². The van der Waals surface area contributed by atoms with Gasteiger partial charge in [0.1, 0.15) is 5.78 Å². The van der Waals surface area contributed by atoms with Crippen LogP contribution in [-0.4, -0.2) is 20.0 Å². The van der Waals surface area contributed by atoms with Gasteiger partial charge in [0.2, 0.25) is 10.0 Å². The Hall–Kier alpha value is -1.87. The molecule has 0 unspecified atom stereocenters. The molecule has 0 aliphatic heterocycles. The standard InChI is InChI=1S/C17H20N2O3S/c1-16(2)13-6-7-17(16,15(20)9-13)11-23(21,22)19-14-5-3-4-12(8-14)10-18/h3-5,8,13,19H,6-7,9,11H2,1-2H3/t13-,17-/m0/s1. The molecular weight excluding hydrogens is 312 g/mol. The Balaban J connectivity index is 1.87. The van der Waals surface area contributed by atoms with Crippen molar-refractivity contribution >= 4 is 21.5 Å². The minimum absolute atomic E-state index is 0.0786. The molecule has 0 spiro atoms. The van der Waals surface area contributed by atoms with Crippen LogP contribution in [0.2, 0.25) is 0 Å². The Morgan fingerprint density at radius 3 is 2.70 bits per heavy atom. The first kappa shape index (κ1) is 16.0. The fourth-order valence-corrected chi connectivity index (χ4v) is 6.18. The normalized spacial score (nSPS) is 28.6. The highest BCUT2D eigenvalue weighted by Crippen LogP contribution is 2.64. The summed E-state index contributed by atoms with van der Waals surface area (Å²) in [7, 11) is -3.67. The second-order valence-corrected chi connectivity index (χ2v) is 8.94. The van der Waals surface area contributed by atoms with E-state index in [0.29, 0.717) is 24.1 Å². The van der Waals surface area contributed by atoms with Crippen molar-refractivity contribution in [2.75, 3.05) is 10.5 Å². The Morgan fingerprint density at radius 2 is 2.13 bits per heavy atom. The number of benzene rings is 1. The van der Waals surface area contributed by atoms with Crippen LogP contribution in [0.4, 0.5) is 5.69 Å². The summed E-state index contributed by atoms with van der Waals surface area (Å²) >= 11 is 0. The number of carbonyl (C=O) groups excluding carboxylic acids is 1. The van der Waals surface area contributed by atoms with Gasteiger partial charge in [0.15, 0.2) is 0 Å². The molecule has 2 aliphatic carbocycles. The van der Waals surface area contributed by atoms with E-state index in [1.807, 2.05) is 19.9 Å². The summed E-state index contributed by atoms with van der Waals surface area (Å²) in [5.41, 5.74) is -0.316. The Bertz CT molecular complexity index is 807. The van der Waals surface area contributed by atoms with Gasteiger partial charge in [-0.1, -0.05) is 19.9 Å². The number of rotatable bonds is 4. The molecule has 1 aromatic carbocycles. The summed E-state index contributed by atoms with van der Waals surface area (Å²) in [6, 6.07) is 8.33. The third-order valence-electron chi connectivity index (χ3n) is 5.84. The number of nitriles is 1. The van der Waals surface area contributed by atoms with E-state index < -0.39 is 15.4 Å². The second-order valence-electron chi connectivity index (χ2n) is 7.22.